The molecule has 0 amide bonds. The quantitative estimate of drug-likeness (QED) is 0.846. The highest BCUT2D eigenvalue weighted by molar-refractivity contribution is 5.28. The van der Waals surface area contributed by atoms with E-state index in [0.717, 1.165) is 18.1 Å². The Morgan fingerprint density at radius 2 is 2.06 bits per heavy atom. The lowest BCUT2D eigenvalue weighted by molar-refractivity contribution is 0.566. The number of imidazole rings is 1. The van der Waals surface area contributed by atoms with Crippen LogP contribution in [0, 0.1) is 13.8 Å². The molecule has 0 aliphatic rings. The van der Waals surface area contributed by atoms with Crippen LogP contribution in [0.1, 0.15) is 35.6 Å². The van der Waals surface area contributed by atoms with Gasteiger partial charge in [-0.1, -0.05) is 24.3 Å². The molecule has 0 aliphatic carbocycles. The average Bonchev–Trinajstić information content (AvgIpc) is 2.73. The molecule has 3 heteroatoms. The number of hydrogen-bond acceptors (Lipinski definition) is 2. The van der Waals surface area contributed by atoms with Gasteiger partial charge in [0, 0.05) is 24.5 Å². The third-order valence-corrected chi connectivity index (χ3v) is 3.01. The smallest absolute Gasteiger partial charge is 0.103 e. The van der Waals surface area contributed by atoms with Crippen molar-refractivity contribution in [2.75, 3.05) is 0 Å². The lowest BCUT2D eigenvalue weighted by atomic mass is 10.0. The van der Waals surface area contributed by atoms with E-state index in [1.165, 1.54) is 11.1 Å². The highest BCUT2D eigenvalue weighted by Gasteiger charge is 2.07. The van der Waals surface area contributed by atoms with Gasteiger partial charge in [-0.05, 0) is 31.9 Å². The molecule has 0 saturated heterocycles. The first-order valence-corrected chi connectivity index (χ1v) is 5.96. The summed E-state index contributed by atoms with van der Waals surface area (Å²) in [5.41, 5.74) is 3.81. The van der Waals surface area contributed by atoms with Crippen LogP contribution >= 0.6 is 0 Å². The van der Waals surface area contributed by atoms with Gasteiger partial charge in [0.25, 0.3) is 0 Å². The SMILES string of the molecule is Cc1ncc(CN[C@@H](C)c2ccccc2C)[nH]1. The largest absolute Gasteiger partial charge is 0.345 e. The molecular weight excluding hydrogens is 210 g/mol. The Labute approximate surface area is 102 Å². The molecular formula is C14H19N3. The van der Waals surface area contributed by atoms with Crippen molar-refractivity contribution in [2.45, 2.75) is 33.4 Å². The van der Waals surface area contributed by atoms with E-state index in [2.05, 4.69) is 53.4 Å². The van der Waals surface area contributed by atoms with Gasteiger partial charge < -0.3 is 10.3 Å². The number of H-pyrrole nitrogens is 1. The van der Waals surface area contributed by atoms with E-state index in [9.17, 15) is 0 Å². The average molecular weight is 229 g/mol. The molecule has 0 aliphatic heterocycles. The molecule has 17 heavy (non-hydrogen) atoms. The van der Waals surface area contributed by atoms with Crippen LogP contribution in [-0.4, -0.2) is 9.97 Å². The second-order valence-electron chi connectivity index (χ2n) is 4.45. The van der Waals surface area contributed by atoms with E-state index in [4.69, 9.17) is 0 Å². The molecule has 0 unspecified atom stereocenters. The molecule has 1 heterocycles. The Morgan fingerprint density at radius 3 is 2.71 bits per heavy atom. The third kappa shape index (κ3) is 2.94. The number of hydrogen-bond donors (Lipinski definition) is 2. The van der Waals surface area contributed by atoms with Gasteiger partial charge in [0.15, 0.2) is 0 Å². The first-order chi connectivity index (χ1) is 8.16. The van der Waals surface area contributed by atoms with E-state index < -0.39 is 0 Å². The van der Waals surface area contributed by atoms with E-state index in [0.29, 0.717) is 6.04 Å². The standard InChI is InChI=1S/C14H19N3/c1-10-6-4-5-7-14(10)11(2)15-8-13-9-16-12(3)17-13/h4-7,9,11,15H,8H2,1-3H3,(H,16,17)/t11-/m0/s1. The summed E-state index contributed by atoms with van der Waals surface area (Å²) in [6.07, 6.45) is 1.88. The van der Waals surface area contributed by atoms with Gasteiger partial charge >= 0.3 is 0 Å². The molecule has 2 N–H and O–H groups in total. The first-order valence-electron chi connectivity index (χ1n) is 5.96. The van der Waals surface area contributed by atoms with Gasteiger partial charge in [-0.3, -0.25) is 0 Å². The van der Waals surface area contributed by atoms with Gasteiger partial charge in [-0.2, -0.15) is 0 Å². The Bertz CT molecular complexity index is 488. The second kappa shape index (κ2) is 5.15. The number of benzene rings is 1. The number of aryl methyl sites for hydroxylation is 2. The van der Waals surface area contributed by atoms with E-state index in [1.54, 1.807) is 0 Å². The fraction of sp³-hybridized carbons (Fsp3) is 0.357. The lowest BCUT2D eigenvalue weighted by Gasteiger charge is -2.15. The van der Waals surface area contributed by atoms with Crippen molar-refractivity contribution in [3.05, 3.63) is 53.1 Å². The van der Waals surface area contributed by atoms with Crippen molar-refractivity contribution >= 4 is 0 Å². The molecule has 0 radical (unpaired) electrons. The first kappa shape index (κ1) is 11.9. The highest BCUT2D eigenvalue weighted by atomic mass is 15.0. The fourth-order valence-electron chi connectivity index (χ4n) is 2.01. The highest BCUT2D eigenvalue weighted by Crippen LogP contribution is 2.16. The number of rotatable bonds is 4. The summed E-state index contributed by atoms with van der Waals surface area (Å²) in [6.45, 7) is 7.12. The molecule has 1 atom stereocenters. The Kier molecular flexibility index (Phi) is 3.59. The molecule has 2 aromatic rings. The van der Waals surface area contributed by atoms with Gasteiger partial charge in [0.2, 0.25) is 0 Å². The molecule has 90 valence electrons. The normalized spacial score (nSPS) is 12.6. The molecule has 0 spiro atoms. The number of aromatic nitrogens is 2. The maximum atomic E-state index is 4.19. The zero-order valence-corrected chi connectivity index (χ0v) is 10.6. The summed E-state index contributed by atoms with van der Waals surface area (Å²) in [4.78, 5) is 7.41. The van der Waals surface area contributed by atoms with Gasteiger partial charge in [-0.15, -0.1) is 0 Å². The monoisotopic (exact) mass is 229 g/mol. The molecule has 0 saturated carbocycles. The summed E-state index contributed by atoms with van der Waals surface area (Å²) < 4.78 is 0. The lowest BCUT2D eigenvalue weighted by Crippen LogP contribution is -2.19. The maximum Gasteiger partial charge on any atom is 0.103 e. The number of aromatic amines is 1. The summed E-state index contributed by atoms with van der Waals surface area (Å²) in [6, 6.07) is 8.82. The zero-order chi connectivity index (χ0) is 12.3. The number of nitrogens with one attached hydrogen (secondary N) is 2. The van der Waals surface area contributed by atoms with Crippen LogP contribution < -0.4 is 5.32 Å². The Morgan fingerprint density at radius 1 is 1.29 bits per heavy atom. The summed E-state index contributed by atoms with van der Waals surface area (Å²) >= 11 is 0. The predicted molar refractivity (Wildman–Crippen MR) is 69.8 cm³/mol. The van der Waals surface area contributed by atoms with Crippen LogP contribution in [0.2, 0.25) is 0 Å². The second-order valence-corrected chi connectivity index (χ2v) is 4.45. The number of nitrogens with zero attached hydrogens (tertiary/aromatic N) is 1. The van der Waals surface area contributed by atoms with Crippen molar-refractivity contribution in [3.63, 3.8) is 0 Å². The predicted octanol–water partition coefficient (Wildman–Crippen LogP) is 2.88. The van der Waals surface area contributed by atoms with E-state index >= 15 is 0 Å². The van der Waals surface area contributed by atoms with Gasteiger partial charge in [0.05, 0.1) is 0 Å². The summed E-state index contributed by atoms with van der Waals surface area (Å²) in [7, 11) is 0. The van der Waals surface area contributed by atoms with Gasteiger partial charge in [-0.25, -0.2) is 4.98 Å². The molecule has 1 aromatic heterocycles. The Balaban J connectivity index is 1.98. The zero-order valence-electron chi connectivity index (χ0n) is 10.6. The topological polar surface area (TPSA) is 40.7 Å². The van der Waals surface area contributed by atoms with Crippen LogP contribution in [0.4, 0.5) is 0 Å². The summed E-state index contributed by atoms with van der Waals surface area (Å²) in [5.74, 6) is 0.963. The van der Waals surface area contributed by atoms with Crippen molar-refractivity contribution in [2.24, 2.45) is 0 Å². The minimum absolute atomic E-state index is 0.347. The van der Waals surface area contributed by atoms with Crippen LogP contribution in [0.15, 0.2) is 30.5 Å². The van der Waals surface area contributed by atoms with Crippen molar-refractivity contribution in [3.8, 4) is 0 Å². The van der Waals surface area contributed by atoms with E-state index in [1.807, 2.05) is 13.1 Å². The minimum atomic E-state index is 0.347. The summed E-state index contributed by atoms with van der Waals surface area (Å²) in [5, 5.41) is 3.50. The van der Waals surface area contributed by atoms with Crippen LogP contribution in [0.5, 0.6) is 0 Å². The molecule has 1 aromatic carbocycles. The minimum Gasteiger partial charge on any atom is -0.345 e. The van der Waals surface area contributed by atoms with Crippen molar-refractivity contribution in [1.82, 2.24) is 15.3 Å². The van der Waals surface area contributed by atoms with Crippen LogP contribution in [0.3, 0.4) is 0 Å². The third-order valence-electron chi connectivity index (χ3n) is 3.01. The molecule has 0 bridgehead atoms. The Hall–Kier alpha value is -1.61. The molecule has 3 nitrogen and oxygen atoms in total. The van der Waals surface area contributed by atoms with Crippen molar-refractivity contribution < 1.29 is 0 Å². The fourth-order valence-corrected chi connectivity index (χ4v) is 2.01. The van der Waals surface area contributed by atoms with Gasteiger partial charge in [0.1, 0.15) is 5.82 Å². The maximum absolute atomic E-state index is 4.19. The molecule has 0 fully saturated rings. The van der Waals surface area contributed by atoms with Crippen LogP contribution in [0.25, 0.3) is 0 Å². The van der Waals surface area contributed by atoms with Crippen LogP contribution in [-0.2, 0) is 6.54 Å². The van der Waals surface area contributed by atoms with Crippen molar-refractivity contribution in [1.29, 1.82) is 0 Å². The van der Waals surface area contributed by atoms with E-state index in [-0.39, 0.29) is 0 Å². The molecule has 2 rings (SSSR count).